The molecule has 0 atom stereocenters. The number of hydrogen-bond donors (Lipinski definition) is 2. The van der Waals surface area contributed by atoms with E-state index in [2.05, 4.69) is 156 Å². The standard InChI is InChI=1S/C46H28N6/c1-3-15-27(16-4-1)37-39-29-19-7-8-20-30(29)40(47-39)38(28-17-5-2-6-18-28)42-32-22-10-12-24-34(32)44(49-42)51-46-36-26-14-13-25-35(36)45(52-46)50-43-33-23-11-9-21-31(33)41(37)48-43/h1-26H,(H2,48,49,50,51,52). The van der Waals surface area contributed by atoms with Crippen LogP contribution < -0.4 is 0 Å². The fraction of sp³-hybridized carbons (Fsp3) is 0. The van der Waals surface area contributed by atoms with Crippen LogP contribution in [0.25, 0.3) is 111 Å². The van der Waals surface area contributed by atoms with Crippen LogP contribution in [-0.2, 0) is 0 Å². The summed E-state index contributed by atoms with van der Waals surface area (Å²) in [7, 11) is 0. The van der Waals surface area contributed by atoms with Gasteiger partial charge in [0.15, 0.2) is 11.6 Å². The summed E-state index contributed by atoms with van der Waals surface area (Å²) in [6.07, 6.45) is 0. The molecule has 11 rings (SSSR count). The Morgan fingerprint density at radius 3 is 1.12 bits per heavy atom. The van der Waals surface area contributed by atoms with Gasteiger partial charge in [-0.15, -0.1) is 0 Å². The van der Waals surface area contributed by atoms with Crippen molar-refractivity contribution < 1.29 is 0 Å². The highest BCUT2D eigenvalue weighted by Crippen LogP contribution is 2.47. The highest BCUT2D eigenvalue weighted by atomic mass is 15.0. The largest absolute Gasteiger partial charge is 0.339 e. The molecule has 0 saturated carbocycles. The van der Waals surface area contributed by atoms with Crippen LogP contribution in [0.2, 0.25) is 0 Å². The molecule has 0 aliphatic carbocycles. The average molecular weight is 665 g/mol. The fourth-order valence-electron chi connectivity index (χ4n) is 7.89. The Labute approximate surface area is 298 Å². The van der Waals surface area contributed by atoms with Gasteiger partial charge >= 0.3 is 0 Å². The van der Waals surface area contributed by atoms with E-state index in [9.17, 15) is 0 Å². The lowest BCUT2D eigenvalue weighted by atomic mass is 9.94. The topological polar surface area (TPSA) is 83.1 Å². The van der Waals surface area contributed by atoms with Crippen LogP contribution in [0.15, 0.2) is 158 Å². The summed E-state index contributed by atoms with van der Waals surface area (Å²) in [5.74, 6) is 1.24. The minimum Gasteiger partial charge on any atom is -0.339 e. The first kappa shape index (κ1) is 28.6. The van der Waals surface area contributed by atoms with Crippen molar-refractivity contribution in [3.8, 4) is 67.5 Å². The zero-order chi connectivity index (χ0) is 34.2. The van der Waals surface area contributed by atoms with Crippen LogP contribution in [0, 0.1) is 0 Å². The molecule has 9 aromatic rings. The number of nitrogens with zero attached hydrogens (tertiary/aromatic N) is 4. The Morgan fingerprint density at radius 1 is 0.308 bits per heavy atom. The van der Waals surface area contributed by atoms with E-state index in [0.29, 0.717) is 11.6 Å². The van der Waals surface area contributed by atoms with Gasteiger partial charge < -0.3 is 9.97 Å². The second-order valence-electron chi connectivity index (χ2n) is 13.2. The first-order valence-corrected chi connectivity index (χ1v) is 17.4. The molecular weight excluding hydrogens is 637 g/mol. The molecular formula is C46H28N6. The SMILES string of the molecule is c1ccc(-c2c3nc(c(-c4ccccc4)c4[nH]c(nc5nc(nc6[nH]c2c2ccccc62)-c2ccccc2-5)c2ccccc42)-c2ccccc2-3)cc1. The molecule has 0 fully saturated rings. The van der Waals surface area contributed by atoms with Gasteiger partial charge in [-0.05, 0) is 11.1 Å². The highest BCUT2D eigenvalue weighted by molar-refractivity contribution is 6.16. The van der Waals surface area contributed by atoms with Gasteiger partial charge in [0.05, 0.1) is 22.4 Å². The number of hydrogen-bond acceptors (Lipinski definition) is 4. The minimum atomic E-state index is 0.619. The van der Waals surface area contributed by atoms with E-state index in [4.69, 9.17) is 19.9 Å². The first-order valence-electron chi connectivity index (χ1n) is 17.4. The third-order valence-electron chi connectivity index (χ3n) is 10.2. The molecule has 0 unspecified atom stereocenters. The summed E-state index contributed by atoms with van der Waals surface area (Å²) in [6.45, 7) is 0. The second-order valence-corrected chi connectivity index (χ2v) is 13.2. The van der Waals surface area contributed by atoms with E-state index >= 15 is 0 Å². The van der Waals surface area contributed by atoms with Crippen molar-refractivity contribution in [3.05, 3.63) is 158 Å². The molecule has 0 amide bonds. The second kappa shape index (κ2) is 11.2. The molecule has 2 aliphatic heterocycles. The van der Waals surface area contributed by atoms with Crippen LogP contribution in [0.1, 0.15) is 0 Å². The Hall–Kier alpha value is -7.18. The smallest absolute Gasteiger partial charge is 0.164 e. The van der Waals surface area contributed by atoms with Crippen molar-refractivity contribution >= 4 is 43.9 Å². The summed E-state index contributed by atoms with van der Waals surface area (Å²) >= 11 is 0. The van der Waals surface area contributed by atoms with E-state index in [0.717, 1.165) is 99.8 Å². The lowest BCUT2D eigenvalue weighted by molar-refractivity contribution is 1.22. The van der Waals surface area contributed by atoms with Crippen molar-refractivity contribution in [2.75, 3.05) is 0 Å². The zero-order valence-electron chi connectivity index (χ0n) is 27.8. The molecule has 6 heteroatoms. The van der Waals surface area contributed by atoms with Crippen molar-refractivity contribution in [1.29, 1.82) is 0 Å². The number of H-pyrrole nitrogens is 2. The lowest BCUT2D eigenvalue weighted by Crippen LogP contribution is -1.86. The first-order chi connectivity index (χ1) is 25.8. The Kier molecular flexibility index (Phi) is 6.15. The molecule has 0 spiro atoms. The molecule has 2 aliphatic rings. The molecule has 3 aromatic heterocycles. The number of fused-ring (bicyclic) bond motifs is 20. The summed E-state index contributed by atoms with van der Waals surface area (Å²) < 4.78 is 0. The lowest BCUT2D eigenvalue weighted by Gasteiger charge is -2.08. The van der Waals surface area contributed by atoms with Gasteiger partial charge in [-0.1, -0.05) is 158 Å². The minimum absolute atomic E-state index is 0.619. The number of nitrogens with one attached hydrogen (secondary N) is 2. The number of rotatable bonds is 2. The van der Waals surface area contributed by atoms with E-state index < -0.39 is 0 Å². The van der Waals surface area contributed by atoms with Gasteiger partial charge in [0.1, 0.15) is 11.3 Å². The Balaban J connectivity index is 1.45. The maximum absolute atomic E-state index is 5.68. The van der Waals surface area contributed by atoms with Crippen LogP contribution in [0.3, 0.4) is 0 Å². The summed E-state index contributed by atoms with van der Waals surface area (Å²) in [6, 6.07) is 54.7. The quantitative estimate of drug-likeness (QED) is 0.193. The number of aromatic nitrogens is 6. The van der Waals surface area contributed by atoms with Gasteiger partial charge in [-0.2, -0.15) is 0 Å². The van der Waals surface area contributed by atoms with Crippen LogP contribution in [-0.4, -0.2) is 29.9 Å². The van der Waals surface area contributed by atoms with Gasteiger partial charge in [0.25, 0.3) is 0 Å². The predicted molar refractivity (Wildman–Crippen MR) is 211 cm³/mol. The third kappa shape index (κ3) is 4.25. The maximum Gasteiger partial charge on any atom is 0.164 e. The van der Waals surface area contributed by atoms with E-state index in [1.807, 2.05) is 12.1 Å². The highest BCUT2D eigenvalue weighted by Gasteiger charge is 2.26. The number of aromatic amines is 2. The molecule has 8 bridgehead atoms. The monoisotopic (exact) mass is 664 g/mol. The van der Waals surface area contributed by atoms with Crippen molar-refractivity contribution in [3.63, 3.8) is 0 Å². The summed E-state index contributed by atoms with van der Waals surface area (Å²) in [5.41, 5.74) is 13.3. The summed E-state index contributed by atoms with van der Waals surface area (Å²) in [4.78, 5) is 28.9. The Morgan fingerprint density at radius 2 is 0.673 bits per heavy atom. The average Bonchev–Trinajstić information content (AvgIpc) is 3.96. The van der Waals surface area contributed by atoms with E-state index in [-0.39, 0.29) is 0 Å². The predicted octanol–water partition coefficient (Wildman–Crippen LogP) is 11.4. The van der Waals surface area contributed by atoms with Crippen LogP contribution in [0.4, 0.5) is 0 Å². The normalized spacial score (nSPS) is 11.8. The van der Waals surface area contributed by atoms with Crippen molar-refractivity contribution in [1.82, 2.24) is 29.9 Å². The molecule has 6 aromatic carbocycles. The zero-order valence-corrected chi connectivity index (χ0v) is 27.8. The molecule has 52 heavy (non-hydrogen) atoms. The Bertz CT molecular complexity index is 2860. The van der Waals surface area contributed by atoms with Crippen molar-refractivity contribution in [2.45, 2.75) is 0 Å². The summed E-state index contributed by atoms with van der Waals surface area (Å²) in [5, 5.41) is 4.14. The molecule has 2 N–H and O–H groups in total. The van der Waals surface area contributed by atoms with Gasteiger partial charge in [0, 0.05) is 54.9 Å². The molecule has 0 radical (unpaired) electrons. The van der Waals surface area contributed by atoms with E-state index in [1.165, 1.54) is 0 Å². The molecule has 5 heterocycles. The maximum atomic E-state index is 5.68. The number of benzene rings is 6. The van der Waals surface area contributed by atoms with E-state index in [1.54, 1.807) is 0 Å². The molecule has 0 saturated heterocycles. The van der Waals surface area contributed by atoms with Crippen LogP contribution in [0.5, 0.6) is 0 Å². The van der Waals surface area contributed by atoms with Gasteiger partial charge in [-0.3, -0.25) is 0 Å². The molecule has 242 valence electrons. The third-order valence-corrected chi connectivity index (χ3v) is 10.2. The molecule has 6 nitrogen and oxygen atoms in total. The van der Waals surface area contributed by atoms with Crippen LogP contribution >= 0.6 is 0 Å². The van der Waals surface area contributed by atoms with Crippen molar-refractivity contribution in [2.24, 2.45) is 0 Å². The fourth-order valence-corrected chi connectivity index (χ4v) is 7.89. The van der Waals surface area contributed by atoms with Gasteiger partial charge in [0.2, 0.25) is 0 Å². The van der Waals surface area contributed by atoms with Gasteiger partial charge in [-0.25, -0.2) is 19.9 Å².